The molecule has 1 saturated carbocycles. The Balaban J connectivity index is 1.98. The number of nitrogens with zero attached hydrogens (tertiary/aromatic N) is 1. The van der Waals surface area contributed by atoms with Crippen LogP contribution in [0.3, 0.4) is 0 Å². The summed E-state index contributed by atoms with van der Waals surface area (Å²) in [6, 6.07) is 0. The van der Waals surface area contributed by atoms with Crippen molar-refractivity contribution in [3.05, 3.63) is 0 Å². The molecule has 5 heteroatoms. The van der Waals surface area contributed by atoms with E-state index in [-0.39, 0.29) is 17.7 Å². The molecule has 0 aromatic heterocycles. The van der Waals surface area contributed by atoms with Gasteiger partial charge in [-0.15, -0.1) is 0 Å². The van der Waals surface area contributed by atoms with Gasteiger partial charge in [0, 0.05) is 19.0 Å². The highest BCUT2D eigenvalue weighted by atomic mass is 16.4. The number of hydrogen-bond acceptors (Lipinski definition) is 3. The number of aliphatic hydroxyl groups is 1. The first-order chi connectivity index (χ1) is 8.50. The summed E-state index contributed by atoms with van der Waals surface area (Å²) < 4.78 is 0. The average Bonchev–Trinajstić information content (AvgIpc) is 2.97. The lowest BCUT2D eigenvalue weighted by molar-refractivity contribution is -0.148. The number of rotatable bonds is 3. The van der Waals surface area contributed by atoms with Gasteiger partial charge < -0.3 is 15.1 Å². The maximum atomic E-state index is 12.3. The molecule has 1 saturated heterocycles. The number of aliphatic hydroxyl groups excluding tert-OH is 1. The van der Waals surface area contributed by atoms with E-state index in [1.807, 2.05) is 0 Å². The standard InChI is InChI=1S/C13H21NO4/c1-8(15)9-5-6-14(7-9)12(16)10-3-2-4-11(10)13(17)18/h8-11,15H,2-7H2,1H3,(H,17,18). The van der Waals surface area contributed by atoms with E-state index in [1.165, 1.54) is 0 Å². The van der Waals surface area contributed by atoms with Gasteiger partial charge in [-0.25, -0.2) is 0 Å². The summed E-state index contributed by atoms with van der Waals surface area (Å²) in [5, 5.41) is 18.6. The molecule has 2 fully saturated rings. The fourth-order valence-electron chi connectivity index (χ4n) is 3.17. The molecule has 1 amide bonds. The molecular weight excluding hydrogens is 234 g/mol. The lowest BCUT2D eigenvalue weighted by atomic mass is 9.95. The van der Waals surface area contributed by atoms with Crippen LogP contribution in [-0.4, -0.2) is 46.2 Å². The fraction of sp³-hybridized carbons (Fsp3) is 0.846. The molecule has 4 unspecified atom stereocenters. The molecule has 5 nitrogen and oxygen atoms in total. The molecule has 2 N–H and O–H groups in total. The molecular formula is C13H21NO4. The second kappa shape index (κ2) is 5.26. The highest BCUT2D eigenvalue weighted by molar-refractivity contribution is 5.85. The van der Waals surface area contributed by atoms with Crippen LogP contribution in [0.25, 0.3) is 0 Å². The number of hydrogen-bond donors (Lipinski definition) is 2. The zero-order valence-corrected chi connectivity index (χ0v) is 10.7. The van der Waals surface area contributed by atoms with Gasteiger partial charge in [-0.05, 0) is 26.2 Å². The van der Waals surface area contributed by atoms with E-state index in [0.29, 0.717) is 25.9 Å². The largest absolute Gasteiger partial charge is 0.481 e. The molecule has 2 rings (SSSR count). The van der Waals surface area contributed by atoms with E-state index in [4.69, 9.17) is 5.11 Å². The predicted molar refractivity (Wildman–Crippen MR) is 64.8 cm³/mol. The second-order valence-corrected chi connectivity index (χ2v) is 5.56. The van der Waals surface area contributed by atoms with Gasteiger partial charge in [-0.1, -0.05) is 6.42 Å². The van der Waals surface area contributed by atoms with Crippen molar-refractivity contribution < 1.29 is 19.8 Å². The van der Waals surface area contributed by atoms with Crippen LogP contribution in [0.1, 0.15) is 32.6 Å². The van der Waals surface area contributed by atoms with E-state index in [0.717, 1.165) is 12.8 Å². The van der Waals surface area contributed by atoms with Gasteiger partial charge in [0.1, 0.15) is 0 Å². The first kappa shape index (κ1) is 13.3. The normalized spacial score (nSPS) is 33.7. The highest BCUT2D eigenvalue weighted by Crippen LogP contribution is 2.34. The fourth-order valence-corrected chi connectivity index (χ4v) is 3.17. The molecule has 0 aromatic rings. The first-order valence-electron chi connectivity index (χ1n) is 6.70. The van der Waals surface area contributed by atoms with Crippen LogP contribution in [-0.2, 0) is 9.59 Å². The lowest BCUT2D eigenvalue weighted by Crippen LogP contribution is -2.38. The summed E-state index contributed by atoms with van der Waals surface area (Å²) in [6.07, 6.45) is 2.53. The number of carboxylic acid groups (broad SMARTS) is 1. The number of carbonyl (C=O) groups is 2. The Morgan fingerprint density at radius 2 is 1.89 bits per heavy atom. The molecule has 102 valence electrons. The third-order valence-electron chi connectivity index (χ3n) is 4.37. The van der Waals surface area contributed by atoms with Crippen molar-refractivity contribution in [1.82, 2.24) is 4.90 Å². The van der Waals surface area contributed by atoms with Crippen LogP contribution in [0, 0.1) is 17.8 Å². The predicted octanol–water partition coefficient (Wildman–Crippen LogP) is 0.717. The summed E-state index contributed by atoms with van der Waals surface area (Å²) >= 11 is 0. The SMILES string of the molecule is CC(O)C1CCN(C(=O)C2CCCC2C(=O)O)C1. The number of carboxylic acids is 1. The molecule has 0 bridgehead atoms. The highest BCUT2D eigenvalue weighted by Gasteiger charge is 2.41. The van der Waals surface area contributed by atoms with Crippen molar-refractivity contribution in [2.75, 3.05) is 13.1 Å². The minimum absolute atomic E-state index is 0.0250. The maximum absolute atomic E-state index is 12.3. The lowest BCUT2D eigenvalue weighted by Gasteiger charge is -2.23. The van der Waals surface area contributed by atoms with Crippen molar-refractivity contribution in [3.63, 3.8) is 0 Å². The van der Waals surface area contributed by atoms with Gasteiger partial charge >= 0.3 is 5.97 Å². The summed E-state index contributed by atoms with van der Waals surface area (Å²) in [7, 11) is 0. The van der Waals surface area contributed by atoms with Crippen LogP contribution >= 0.6 is 0 Å². The Hall–Kier alpha value is -1.10. The molecule has 2 aliphatic rings. The number of likely N-dealkylation sites (tertiary alicyclic amines) is 1. The maximum Gasteiger partial charge on any atom is 0.307 e. The van der Waals surface area contributed by atoms with E-state index >= 15 is 0 Å². The average molecular weight is 255 g/mol. The van der Waals surface area contributed by atoms with E-state index in [2.05, 4.69) is 0 Å². The van der Waals surface area contributed by atoms with Crippen LogP contribution in [0.15, 0.2) is 0 Å². The molecule has 0 radical (unpaired) electrons. The van der Waals surface area contributed by atoms with Gasteiger partial charge in [0.25, 0.3) is 0 Å². The number of amides is 1. The number of carbonyl (C=O) groups excluding carboxylic acids is 1. The molecule has 0 spiro atoms. The summed E-state index contributed by atoms with van der Waals surface area (Å²) in [5.74, 6) is -1.60. The molecule has 4 atom stereocenters. The minimum Gasteiger partial charge on any atom is -0.481 e. The third kappa shape index (κ3) is 2.51. The summed E-state index contributed by atoms with van der Waals surface area (Å²) in [4.78, 5) is 25.1. The zero-order chi connectivity index (χ0) is 13.3. The molecule has 1 aliphatic heterocycles. The van der Waals surface area contributed by atoms with Gasteiger partial charge in [0.05, 0.1) is 17.9 Å². The Labute approximate surface area is 107 Å². The van der Waals surface area contributed by atoms with E-state index in [9.17, 15) is 14.7 Å². The van der Waals surface area contributed by atoms with E-state index in [1.54, 1.807) is 11.8 Å². The van der Waals surface area contributed by atoms with Gasteiger partial charge in [0.2, 0.25) is 5.91 Å². The first-order valence-corrected chi connectivity index (χ1v) is 6.70. The number of aliphatic carboxylic acids is 1. The van der Waals surface area contributed by atoms with Gasteiger partial charge in [-0.3, -0.25) is 9.59 Å². The minimum atomic E-state index is -0.850. The van der Waals surface area contributed by atoms with Crippen molar-refractivity contribution in [2.45, 2.75) is 38.7 Å². The van der Waals surface area contributed by atoms with Crippen LogP contribution in [0.4, 0.5) is 0 Å². The summed E-state index contributed by atoms with van der Waals surface area (Å²) in [6.45, 7) is 2.96. The van der Waals surface area contributed by atoms with Crippen LogP contribution in [0.5, 0.6) is 0 Å². The van der Waals surface area contributed by atoms with E-state index < -0.39 is 18.0 Å². The van der Waals surface area contributed by atoms with Crippen LogP contribution in [0.2, 0.25) is 0 Å². The van der Waals surface area contributed by atoms with Gasteiger partial charge in [0.15, 0.2) is 0 Å². The smallest absolute Gasteiger partial charge is 0.307 e. The van der Waals surface area contributed by atoms with Crippen LogP contribution < -0.4 is 0 Å². The van der Waals surface area contributed by atoms with Crippen molar-refractivity contribution in [1.29, 1.82) is 0 Å². The Morgan fingerprint density at radius 1 is 1.22 bits per heavy atom. The molecule has 1 aliphatic carbocycles. The van der Waals surface area contributed by atoms with Crippen molar-refractivity contribution in [2.24, 2.45) is 17.8 Å². The summed E-state index contributed by atoms with van der Waals surface area (Å²) in [5.41, 5.74) is 0. The Morgan fingerprint density at radius 3 is 2.44 bits per heavy atom. The molecule has 1 heterocycles. The molecule has 18 heavy (non-hydrogen) atoms. The quantitative estimate of drug-likeness (QED) is 0.779. The third-order valence-corrected chi connectivity index (χ3v) is 4.37. The van der Waals surface area contributed by atoms with Gasteiger partial charge in [-0.2, -0.15) is 0 Å². The zero-order valence-electron chi connectivity index (χ0n) is 10.7. The Kier molecular flexibility index (Phi) is 3.90. The monoisotopic (exact) mass is 255 g/mol. The molecule has 0 aromatic carbocycles. The van der Waals surface area contributed by atoms with Crippen molar-refractivity contribution in [3.8, 4) is 0 Å². The topological polar surface area (TPSA) is 77.8 Å². The Bertz CT molecular complexity index is 342. The second-order valence-electron chi connectivity index (χ2n) is 5.56. The van der Waals surface area contributed by atoms with Crippen molar-refractivity contribution >= 4 is 11.9 Å².